The fourth-order valence-corrected chi connectivity index (χ4v) is 6.33. The van der Waals surface area contributed by atoms with Crippen LogP contribution in [0.15, 0.2) is 80.8 Å². The van der Waals surface area contributed by atoms with E-state index in [1.165, 1.54) is 19.1 Å². The molecule has 0 radical (unpaired) electrons. The van der Waals surface area contributed by atoms with Crippen molar-refractivity contribution in [3.63, 3.8) is 0 Å². The van der Waals surface area contributed by atoms with Crippen molar-refractivity contribution in [2.45, 2.75) is 16.7 Å². The number of rotatable bonds is 2. The number of Topliss-reactive ketones (excluding diaryl/α,β-unsaturated/α-hetero) is 2. The fourth-order valence-electron chi connectivity index (χ4n) is 3.33. The number of thiol groups is 1. The van der Waals surface area contributed by atoms with Gasteiger partial charge in [0, 0.05) is 10.0 Å². The van der Waals surface area contributed by atoms with Crippen LogP contribution in [-0.2, 0) is 10.5 Å². The lowest BCUT2D eigenvalue weighted by Gasteiger charge is -2.24. The van der Waals surface area contributed by atoms with E-state index >= 15 is 0 Å². The fraction of sp³-hybridized carbons (Fsp3) is 0.0952. The van der Waals surface area contributed by atoms with E-state index in [1.807, 2.05) is 42.5 Å². The SMILES string of the molecule is CC(=O)c1ccc([SH+]2=C3C=CC(F)=CC3C(=O)c3cc(Br)ccc32)cc1. The zero-order valence-electron chi connectivity index (χ0n) is 13.9. The number of carbonyl (C=O) groups excluding carboxylic acids is 2. The quantitative estimate of drug-likeness (QED) is 0.296. The molecule has 4 rings (SSSR count). The molecule has 0 fully saturated rings. The minimum Gasteiger partial charge on any atom is -0.295 e. The molecule has 0 saturated heterocycles. The van der Waals surface area contributed by atoms with Crippen LogP contribution in [0.3, 0.4) is 0 Å². The standard InChI is InChI=1S/C21H14BrFO2S/c1-12(24)13-2-6-16(7-3-13)26-19-8-4-14(22)10-17(19)21(25)18-11-15(23)5-9-20(18)26/h2-11,18H,1H3/p+1. The van der Waals surface area contributed by atoms with Gasteiger partial charge in [0.05, 0.1) is 5.56 Å². The summed E-state index contributed by atoms with van der Waals surface area (Å²) >= 11 is 3.43. The molecular weight excluding hydrogens is 415 g/mol. The minimum absolute atomic E-state index is 0.0144. The van der Waals surface area contributed by atoms with E-state index in [2.05, 4.69) is 15.9 Å². The van der Waals surface area contributed by atoms with Gasteiger partial charge >= 0.3 is 0 Å². The summed E-state index contributed by atoms with van der Waals surface area (Å²) in [7, 11) is -0.964. The van der Waals surface area contributed by atoms with E-state index in [0.717, 1.165) is 19.1 Å². The van der Waals surface area contributed by atoms with Crippen molar-refractivity contribution in [3.8, 4) is 0 Å². The summed E-state index contributed by atoms with van der Waals surface area (Å²) in [5.74, 6) is -1.01. The third kappa shape index (κ3) is 2.85. The van der Waals surface area contributed by atoms with Crippen molar-refractivity contribution in [1.29, 1.82) is 0 Å². The normalized spacial score (nSPS) is 21.1. The first kappa shape index (κ1) is 17.3. The summed E-state index contributed by atoms with van der Waals surface area (Å²) in [6, 6.07) is 13.2. The summed E-state index contributed by atoms with van der Waals surface area (Å²) in [6.45, 7) is 1.54. The summed E-state index contributed by atoms with van der Waals surface area (Å²) in [4.78, 5) is 27.5. The minimum atomic E-state index is -0.964. The van der Waals surface area contributed by atoms with E-state index in [1.54, 1.807) is 6.08 Å². The molecule has 5 heteroatoms. The molecule has 0 amide bonds. The lowest BCUT2D eigenvalue weighted by Crippen LogP contribution is -2.32. The van der Waals surface area contributed by atoms with Crippen LogP contribution in [-0.4, -0.2) is 16.4 Å². The van der Waals surface area contributed by atoms with Crippen LogP contribution in [0, 0.1) is 5.92 Å². The molecule has 2 unspecified atom stereocenters. The first-order chi connectivity index (χ1) is 12.5. The van der Waals surface area contributed by atoms with Crippen LogP contribution in [0.4, 0.5) is 4.39 Å². The Balaban J connectivity index is 1.98. The van der Waals surface area contributed by atoms with Gasteiger partial charge in [0.1, 0.15) is 26.4 Å². The van der Waals surface area contributed by atoms with Crippen molar-refractivity contribution in [1.82, 2.24) is 0 Å². The van der Waals surface area contributed by atoms with Gasteiger partial charge < -0.3 is 0 Å². The highest BCUT2D eigenvalue weighted by Crippen LogP contribution is 2.35. The van der Waals surface area contributed by atoms with Gasteiger partial charge in [-0.2, -0.15) is 0 Å². The second-order valence-corrected chi connectivity index (χ2v) is 9.35. The van der Waals surface area contributed by atoms with Crippen LogP contribution >= 0.6 is 15.9 Å². The number of fused-ring (bicyclic) bond motifs is 2. The molecule has 2 aromatic carbocycles. The zero-order valence-corrected chi connectivity index (χ0v) is 16.4. The van der Waals surface area contributed by atoms with Gasteiger partial charge in [0.2, 0.25) is 0 Å². The van der Waals surface area contributed by atoms with Gasteiger partial charge in [-0.1, -0.05) is 26.4 Å². The van der Waals surface area contributed by atoms with Crippen LogP contribution in [0.1, 0.15) is 27.6 Å². The lowest BCUT2D eigenvalue weighted by molar-refractivity contribution is 0.0967. The van der Waals surface area contributed by atoms with Crippen molar-refractivity contribution in [2.75, 3.05) is 0 Å². The molecule has 2 nitrogen and oxygen atoms in total. The lowest BCUT2D eigenvalue weighted by atomic mass is 9.91. The Hall–Kier alpha value is -2.11. The maximum absolute atomic E-state index is 13.8. The molecule has 0 aromatic heterocycles. The van der Waals surface area contributed by atoms with Gasteiger partial charge in [0.25, 0.3) is 0 Å². The molecule has 2 atom stereocenters. The maximum Gasteiger partial charge on any atom is 0.183 e. The Morgan fingerprint density at radius 1 is 1.12 bits per heavy atom. The highest BCUT2D eigenvalue weighted by Gasteiger charge is 2.38. The van der Waals surface area contributed by atoms with E-state index in [4.69, 9.17) is 0 Å². The average Bonchev–Trinajstić information content (AvgIpc) is 2.63. The molecule has 130 valence electrons. The summed E-state index contributed by atoms with van der Waals surface area (Å²) in [5.41, 5.74) is 1.29. The number of carbonyl (C=O) groups is 2. The number of allylic oxidation sites excluding steroid dienone is 4. The zero-order chi connectivity index (χ0) is 18.4. The van der Waals surface area contributed by atoms with E-state index in [0.29, 0.717) is 11.1 Å². The molecule has 1 aliphatic carbocycles. The van der Waals surface area contributed by atoms with Gasteiger partial charge in [0.15, 0.2) is 11.6 Å². The summed E-state index contributed by atoms with van der Waals surface area (Å²) in [5, 5.41) is 0. The molecule has 2 aliphatic rings. The van der Waals surface area contributed by atoms with Crippen LogP contribution in [0.5, 0.6) is 0 Å². The number of hydrogen-bond acceptors (Lipinski definition) is 2. The van der Waals surface area contributed by atoms with E-state index in [-0.39, 0.29) is 17.4 Å². The van der Waals surface area contributed by atoms with E-state index in [9.17, 15) is 14.0 Å². The van der Waals surface area contributed by atoms with Crippen molar-refractivity contribution >= 4 is 42.8 Å². The van der Waals surface area contributed by atoms with Gasteiger partial charge in [-0.15, -0.1) is 0 Å². The first-order valence-electron chi connectivity index (χ1n) is 8.13. The monoisotopic (exact) mass is 429 g/mol. The molecule has 26 heavy (non-hydrogen) atoms. The third-order valence-corrected chi connectivity index (χ3v) is 7.72. The van der Waals surface area contributed by atoms with Gasteiger partial charge in [-0.3, -0.25) is 9.59 Å². The number of ketones is 2. The topological polar surface area (TPSA) is 34.1 Å². The number of benzene rings is 2. The Labute approximate surface area is 161 Å². The van der Waals surface area contributed by atoms with Crippen LogP contribution in [0.25, 0.3) is 0 Å². The number of halogens is 2. The second kappa shape index (κ2) is 6.56. The predicted molar refractivity (Wildman–Crippen MR) is 107 cm³/mol. The molecule has 1 aliphatic heterocycles. The van der Waals surface area contributed by atoms with Crippen molar-refractivity contribution in [2.24, 2.45) is 5.92 Å². The highest BCUT2D eigenvalue weighted by molar-refractivity contribution is 9.10. The molecule has 2 aromatic rings. The Morgan fingerprint density at radius 3 is 2.54 bits per heavy atom. The molecular formula is C21H15BrFO2S+. The largest absolute Gasteiger partial charge is 0.295 e. The Kier molecular flexibility index (Phi) is 4.37. The van der Waals surface area contributed by atoms with Crippen molar-refractivity contribution < 1.29 is 14.0 Å². The molecule has 0 bridgehead atoms. The Bertz CT molecular complexity index is 1050. The second-order valence-electron chi connectivity index (χ2n) is 6.25. The van der Waals surface area contributed by atoms with Gasteiger partial charge in [-0.25, -0.2) is 4.39 Å². The van der Waals surface area contributed by atoms with Gasteiger partial charge in [-0.05, 0) is 67.6 Å². The maximum atomic E-state index is 13.8. The Morgan fingerprint density at radius 2 is 1.85 bits per heavy atom. The molecule has 0 N–H and O–H groups in total. The average molecular weight is 430 g/mol. The number of hydrogen-bond donors (Lipinski definition) is 0. The van der Waals surface area contributed by atoms with Crippen molar-refractivity contribution in [3.05, 3.63) is 82.1 Å². The first-order valence-corrected chi connectivity index (χ1v) is 10.3. The van der Waals surface area contributed by atoms with Crippen LogP contribution < -0.4 is 0 Å². The molecule has 1 heterocycles. The molecule has 0 saturated carbocycles. The summed E-state index contributed by atoms with van der Waals surface area (Å²) in [6.07, 6.45) is 4.57. The highest BCUT2D eigenvalue weighted by atomic mass is 79.9. The molecule has 0 spiro atoms. The van der Waals surface area contributed by atoms with Crippen LogP contribution in [0.2, 0.25) is 0 Å². The third-order valence-electron chi connectivity index (χ3n) is 4.60. The predicted octanol–water partition coefficient (Wildman–Crippen LogP) is 4.83. The summed E-state index contributed by atoms with van der Waals surface area (Å²) < 4.78 is 14.6. The smallest absolute Gasteiger partial charge is 0.183 e. The van der Waals surface area contributed by atoms with E-state index < -0.39 is 16.4 Å².